The Morgan fingerprint density at radius 1 is 1.17 bits per heavy atom. The smallest absolute Gasteiger partial charge is 0.332 e. The van der Waals surface area contributed by atoms with Gasteiger partial charge in [0.15, 0.2) is 0 Å². The molecule has 0 aromatic carbocycles. The number of imide groups is 1. The van der Waals surface area contributed by atoms with Crippen LogP contribution in [0.15, 0.2) is 0 Å². The number of fused-ring (bicyclic) bond motifs is 1. The second-order valence-corrected chi connectivity index (χ2v) is 7.18. The van der Waals surface area contributed by atoms with Gasteiger partial charge in [0, 0.05) is 30.3 Å². The van der Waals surface area contributed by atoms with E-state index in [-0.39, 0.29) is 37.4 Å². The van der Waals surface area contributed by atoms with Gasteiger partial charge in [-0.25, -0.2) is 9.59 Å². The number of unbranched alkanes of at least 4 members (excludes halogenated alkanes) is 1. The standard InChI is InChI=1S/C14H19N3O5S/c18-10-5-6-11(19)17(10)22-12(20)4-2-1-3-9-13-8(7-23-9)15-14(21)16-13/h8-9,13H,1-7H2,(H2,15,16,21)/t8-,9-,13+/m0/s1. The molecule has 0 bridgehead atoms. The molecule has 3 atom stereocenters. The van der Waals surface area contributed by atoms with Gasteiger partial charge >= 0.3 is 12.0 Å². The van der Waals surface area contributed by atoms with Crippen molar-refractivity contribution in [1.29, 1.82) is 0 Å². The maximum absolute atomic E-state index is 11.7. The third-order valence-corrected chi connectivity index (χ3v) is 5.77. The summed E-state index contributed by atoms with van der Waals surface area (Å²) in [6.45, 7) is 0. The molecule has 0 unspecified atom stereocenters. The summed E-state index contributed by atoms with van der Waals surface area (Å²) in [5.41, 5.74) is 0. The van der Waals surface area contributed by atoms with Gasteiger partial charge in [-0.15, -0.1) is 5.06 Å². The van der Waals surface area contributed by atoms with E-state index >= 15 is 0 Å². The lowest BCUT2D eigenvalue weighted by atomic mass is 10.0. The van der Waals surface area contributed by atoms with Crippen molar-refractivity contribution >= 4 is 35.6 Å². The molecular formula is C14H19N3O5S. The molecule has 126 valence electrons. The third-order valence-electron chi connectivity index (χ3n) is 4.26. The van der Waals surface area contributed by atoms with E-state index in [1.54, 1.807) is 0 Å². The van der Waals surface area contributed by atoms with Crippen LogP contribution in [0, 0.1) is 0 Å². The summed E-state index contributed by atoms with van der Waals surface area (Å²) < 4.78 is 0. The molecule has 3 rings (SSSR count). The van der Waals surface area contributed by atoms with Crippen LogP contribution in [-0.4, -0.2) is 52.0 Å². The molecule has 3 fully saturated rings. The Kier molecular flexibility index (Phi) is 4.74. The molecule has 3 aliphatic heterocycles. The first-order chi connectivity index (χ1) is 11.0. The van der Waals surface area contributed by atoms with Crippen molar-refractivity contribution in [1.82, 2.24) is 15.7 Å². The molecular weight excluding hydrogens is 322 g/mol. The highest BCUT2D eigenvalue weighted by atomic mass is 32.2. The number of amides is 4. The number of urea groups is 1. The van der Waals surface area contributed by atoms with Crippen LogP contribution in [0.4, 0.5) is 4.79 Å². The molecule has 3 aliphatic rings. The maximum atomic E-state index is 11.7. The summed E-state index contributed by atoms with van der Waals surface area (Å²) in [6.07, 6.45) is 2.75. The average Bonchev–Trinajstić information content (AvgIpc) is 3.14. The van der Waals surface area contributed by atoms with E-state index in [4.69, 9.17) is 4.84 Å². The Labute approximate surface area is 137 Å². The lowest BCUT2D eigenvalue weighted by molar-refractivity contribution is -0.197. The average molecular weight is 341 g/mol. The van der Waals surface area contributed by atoms with Crippen molar-refractivity contribution in [3.8, 4) is 0 Å². The van der Waals surface area contributed by atoms with E-state index in [9.17, 15) is 19.2 Å². The van der Waals surface area contributed by atoms with Crippen LogP contribution in [0.1, 0.15) is 38.5 Å². The monoisotopic (exact) mass is 341 g/mol. The molecule has 0 saturated carbocycles. The van der Waals surface area contributed by atoms with Crippen molar-refractivity contribution in [3.63, 3.8) is 0 Å². The van der Waals surface area contributed by atoms with Crippen LogP contribution in [0.5, 0.6) is 0 Å². The number of hydrogen-bond acceptors (Lipinski definition) is 6. The predicted molar refractivity (Wildman–Crippen MR) is 81.1 cm³/mol. The molecule has 0 aliphatic carbocycles. The first kappa shape index (κ1) is 16.1. The number of carbonyl (C=O) groups excluding carboxylic acids is 4. The Bertz CT molecular complexity index is 525. The minimum atomic E-state index is -0.554. The van der Waals surface area contributed by atoms with E-state index in [1.807, 2.05) is 11.8 Å². The number of hydroxylamine groups is 2. The lowest BCUT2D eigenvalue weighted by Gasteiger charge is -2.16. The molecule has 9 heteroatoms. The van der Waals surface area contributed by atoms with E-state index in [1.165, 1.54) is 0 Å². The van der Waals surface area contributed by atoms with Crippen LogP contribution >= 0.6 is 11.8 Å². The molecule has 3 saturated heterocycles. The van der Waals surface area contributed by atoms with Gasteiger partial charge in [-0.1, -0.05) is 6.42 Å². The summed E-state index contributed by atoms with van der Waals surface area (Å²) >= 11 is 1.83. The molecule has 23 heavy (non-hydrogen) atoms. The van der Waals surface area contributed by atoms with Gasteiger partial charge in [-0.2, -0.15) is 11.8 Å². The van der Waals surface area contributed by atoms with Gasteiger partial charge in [0.05, 0.1) is 12.1 Å². The van der Waals surface area contributed by atoms with E-state index in [0.29, 0.717) is 16.7 Å². The van der Waals surface area contributed by atoms with Crippen LogP contribution in [-0.2, 0) is 19.2 Å². The number of hydrogen-bond donors (Lipinski definition) is 2. The Hall–Kier alpha value is -1.77. The third kappa shape index (κ3) is 3.60. The van der Waals surface area contributed by atoms with Gasteiger partial charge in [0.2, 0.25) is 0 Å². The van der Waals surface area contributed by atoms with Gasteiger partial charge < -0.3 is 15.5 Å². The minimum Gasteiger partial charge on any atom is -0.332 e. The minimum absolute atomic E-state index is 0.103. The van der Waals surface area contributed by atoms with Crippen LogP contribution in [0.2, 0.25) is 0 Å². The Balaban J connectivity index is 1.34. The zero-order valence-corrected chi connectivity index (χ0v) is 13.4. The van der Waals surface area contributed by atoms with E-state index in [2.05, 4.69) is 10.6 Å². The molecule has 0 spiro atoms. The number of nitrogens with zero attached hydrogens (tertiary/aromatic N) is 1. The van der Waals surface area contributed by atoms with Crippen LogP contribution < -0.4 is 10.6 Å². The molecule has 0 aromatic rings. The molecule has 8 nitrogen and oxygen atoms in total. The zero-order valence-electron chi connectivity index (χ0n) is 12.6. The molecule has 0 radical (unpaired) electrons. The Morgan fingerprint density at radius 2 is 1.91 bits per heavy atom. The summed E-state index contributed by atoms with van der Waals surface area (Å²) in [7, 11) is 0. The van der Waals surface area contributed by atoms with Gasteiger partial charge in [-0.05, 0) is 12.8 Å². The van der Waals surface area contributed by atoms with Gasteiger partial charge in [0.1, 0.15) is 0 Å². The quantitative estimate of drug-likeness (QED) is 0.409. The maximum Gasteiger partial charge on any atom is 0.333 e. The zero-order chi connectivity index (χ0) is 16.4. The molecule has 3 heterocycles. The Morgan fingerprint density at radius 3 is 2.65 bits per heavy atom. The van der Waals surface area contributed by atoms with Crippen molar-refractivity contribution in [3.05, 3.63) is 0 Å². The molecule has 0 aromatic heterocycles. The number of rotatable bonds is 6. The van der Waals surface area contributed by atoms with Crippen LogP contribution in [0.3, 0.4) is 0 Å². The largest absolute Gasteiger partial charge is 0.333 e. The summed E-state index contributed by atoms with van der Waals surface area (Å²) in [4.78, 5) is 50.5. The number of thioether (sulfide) groups is 1. The normalized spacial score (nSPS) is 29.5. The van der Waals surface area contributed by atoms with E-state index in [0.717, 1.165) is 18.6 Å². The fourth-order valence-corrected chi connectivity index (χ4v) is 4.61. The fraction of sp³-hybridized carbons (Fsp3) is 0.714. The second kappa shape index (κ2) is 6.77. The first-order valence-electron chi connectivity index (χ1n) is 7.80. The van der Waals surface area contributed by atoms with Gasteiger partial charge in [-0.3, -0.25) is 9.59 Å². The summed E-state index contributed by atoms with van der Waals surface area (Å²) in [5.74, 6) is -0.557. The van der Waals surface area contributed by atoms with Gasteiger partial charge in [0.25, 0.3) is 11.8 Å². The lowest BCUT2D eigenvalue weighted by Crippen LogP contribution is -2.36. The number of nitrogens with one attached hydrogen (secondary N) is 2. The number of carbonyl (C=O) groups is 4. The van der Waals surface area contributed by atoms with Crippen molar-refractivity contribution < 1.29 is 24.0 Å². The van der Waals surface area contributed by atoms with Crippen LogP contribution in [0.25, 0.3) is 0 Å². The SMILES string of the molecule is O=C1N[C@@H]2[C@H](CS[C@H]2CCCCC(=O)ON2C(=O)CCC2=O)N1. The summed E-state index contributed by atoms with van der Waals surface area (Å²) in [5, 5.41) is 6.76. The van der Waals surface area contributed by atoms with Crippen molar-refractivity contribution in [2.45, 2.75) is 55.9 Å². The second-order valence-electron chi connectivity index (χ2n) is 5.91. The first-order valence-corrected chi connectivity index (χ1v) is 8.84. The predicted octanol–water partition coefficient (Wildman–Crippen LogP) is 0.319. The van der Waals surface area contributed by atoms with Crippen molar-refractivity contribution in [2.24, 2.45) is 0 Å². The van der Waals surface area contributed by atoms with Crippen molar-refractivity contribution in [2.75, 3.05) is 5.75 Å². The molecule has 4 amide bonds. The highest BCUT2D eigenvalue weighted by Gasteiger charge is 2.42. The summed E-state index contributed by atoms with van der Waals surface area (Å²) in [6, 6.07) is 0.266. The fourth-order valence-electron chi connectivity index (χ4n) is 3.06. The molecule has 2 N–H and O–H groups in total. The van der Waals surface area contributed by atoms with E-state index < -0.39 is 17.8 Å². The highest BCUT2D eigenvalue weighted by Crippen LogP contribution is 2.33. The topological polar surface area (TPSA) is 105 Å². The highest BCUT2D eigenvalue weighted by molar-refractivity contribution is 8.00.